The van der Waals surface area contributed by atoms with Gasteiger partial charge in [-0.25, -0.2) is 4.98 Å². The van der Waals surface area contributed by atoms with Gasteiger partial charge in [-0.15, -0.1) is 11.3 Å². The van der Waals surface area contributed by atoms with E-state index >= 15 is 0 Å². The second-order valence-corrected chi connectivity index (χ2v) is 4.27. The number of nitrogens with zero attached hydrogens (tertiary/aromatic N) is 1. The van der Waals surface area contributed by atoms with Crippen LogP contribution in [0.3, 0.4) is 0 Å². The first-order valence-corrected chi connectivity index (χ1v) is 4.45. The lowest BCUT2D eigenvalue weighted by molar-refractivity contribution is 0.187. The zero-order chi connectivity index (χ0) is 7.56. The summed E-state index contributed by atoms with van der Waals surface area (Å²) in [6, 6.07) is 0. The third-order valence-corrected chi connectivity index (χ3v) is 2.72. The third-order valence-electron chi connectivity index (χ3n) is 1.14. The van der Waals surface area contributed by atoms with Crippen LogP contribution in [0.15, 0.2) is 3.92 Å². The average Bonchev–Trinajstić information content (AvgIpc) is 2.13. The average molecular weight is 222 g/mol. The van der Waals surface area contributed by atoms with Crippen molar-refractivity contribution in [3.63, 3.8) is 0 Å². The molecule has 4 heteroatoms. The fourth-order valence-corrected chi connectivity index (χ4v) is 2.27. The Hall–Kier alpha value is 0.0700. The van der Waals surface area contributed by atoms with Crippen LogP contribution in [0, 0.1) is 6.92 Å². The van der Waals surface area contributed by atoms with Crippen molar-refractivity contribution in [3.8, 4) is 0 Å². The molecular weight excluding hydrogens is 214 g/mol. The molecule has 56 valence electrons. The van der Waals surface area contributed by atoms with Crippen LogP contribution in [-0.2, 0) is 11.3 Å². The number of halogens is 1. The molecule has 0 aliphatic rings. The highest BCUT2D eigenvalue weighted by molar-refractivity contribution is 9.11. The van der Waals surface area contributed by atoms with Gasteiger partial charge in [0.2, 0.25) is 0 Å². The lowest BCUT2D eigenvalue weighted by Crippen LogP contribution is -1.85. The van der Waals surface area contributed by atoms with Gasteiger partial charge in [0.05, 0.1) is 17.2 Å². The van der Waals surface area contributed by atoms with Crippen molar-refractivity contribution in [2.45, 2.75) is 13.5 Å². The first kappa shape index (κ1) is 8.17. The Kier molecular flexibility index (Phi) is 2.82. The minimum absolute atomic E-state index is 0.662. The highest BCUT2D eigenvalue weighted by Gasteiger charge is 2.03. The number of hydrogen-bond donors (Lipinski definition) is 0. The molecule has 1 rings (SSSR count). The Morgan fingerprint density at radius 3 is 2.80 bits per heavy atom. The van der Waals surface area contributed by atoms with Gasteiger partial charge in [0.25, 0.3) is 0 Å². The Bertz CT molecular complexity index is 224. The van der Waals surface area contributed by atoms with Gasteiger partial charge in [0.15, 0.2) is 3.92 Å². The summed E-state index contributed by atoms with van der Waals surface area (Å²) in [5.74, 6) is 0. The quantitative estimate of drug-likeness (QED) is 0.766. The maximum absolute atomic E-state index is 4.97. The van der Waals surface area contributed by atoms with Crippen LogP contribution in [-0.4, -0.2) is 12.1 Å². The van der Waals surface area contributed by atoms with E-state index in [4.69, 9.17) is 4.74 Å². The van der Waals surface area contributed by atoms with Crippen LogP contribution in [0.2, 0.25) is 0 Å². The summed E-state index contributed by atoms with van der Waals surface area (Å²) in [5, 5.41) is 0. The molecule has 0 N–H and O–H groups in total. The van der Waals surface area contributed by atoms with E-state index in [9.17, 15) is 0 Å². The molecule has 1 heterocycles. The van der Waals surface area contributed by atoms with Crippen LogP contribution in [0.5, 0.6) is 0 Å². The molecule has 1 aromatic heterocycles. The van der Waals surface area contributed by atoms with Crippen molar-refractivity contribution >= 4 is 27.3 Å². The van der Waals surface area contributed by atoms with E-state index in [0.29, 0.717) is 6.61 Å². The highest BCUT2D eigenvalue weighted by Crippen LogP contribution is 2.22. The van der Waals surface area contributed by atoms with Crippen molar-refractivity contribution in [1.82, 2.24) is 4.98 Å². The second-order valence-electron chi connectivity index (χ2n) is 1.91. The molecule has 0 aliphatic carbocycles. The Balaban J connectivity index is 2.81. The predicted octanol–water partition coefficient (Wildman–Crippen LogP) is 2.36. The number of thiazole rings is 1. The van der Waals surface area contributed by atoms with Crippen molar-refractivity contribution in [1.29, 1.82) is 0 Å². The summed E-state index contributed by atoms with van der Waals surface area (Å²) < 4.78 is 5.90. The first-order chi connectivity index (χ1) is 4.74. The lowest BCUT2D eigenvalue weighted by Gasteiger charge is -1.92. The van der Waals surface area contributed by atoms with Crippen molar-refractivity contribution in [2.75, 3.05) is 7.11 Å². The minimum Gasteiger partial charge on any atom is -0.379 e. The van der Waals surface area contributed by atoms with Gasteiger partial charge in [0, 0.05) is 7.11 Å². The Morgan fingerprint density at radius 2 is 2.40 bits per heavy atom. The molecule has 0 aliphatic heterocycles. The van der Waals surface area contributed by atoms with Crippen molar-refractivity contribution in [3.05, 3.63) is 14.5 Å². The molecule has 0 amide bonds. The lowest BCUT2D eigenvalue weighted by atomic mass is 10.4. The number of rotatable bonds is 2. The molecule has 0 saturated heterocycles. The minimum atomic E-state index is 0.662. The SMILES string of the molecule is COCc1sc(Br)nc1C. The van der Waals surface area contributed by atoms with E-state index in [2.05, 4.69) is 20.9 Å². The topological polar surface area (TPSA) is 22.1 Å². The number of hydrogen-bond acceptors (Lipinski definition) is 3. The predicted molar refractivity (Wildman–Crippen MR) is 45.3 cm³/mol. The van der Waals surface area contributed by atoms with Gasteiger partial charge in [-0.3, -0.25) is 0 Å². The normalized spacial score (nSPS) is 10.3. The Morgan fingerprint density at radius 1 is 1.70 bits per heavy atom. The zero-order valence-electron chi connectivity index (χ0n) is 5.85. The monoisotopic (exact) mass is 221 g/mol. The van der Waals surface area contributed by atoms with Gasteiger partial charge in [-0.05, 0) is 22.9 Å². The molecule has 0 unspecified atom stereocenters. The maximum atomic E-state index is 4.97. The van der Waals surface area contributed by atoms with Crippen LogP contribution in [0.1, 0.15) is 10.6 Å². The molecule has 10 heavy (non-hydrogen) atoms. The van der Waals surface area contributed by atoms with E-state index in [-0.39, 0.29) is 0 Å². The first-order valence-electron chi connectivity index (χ1n) is 2.84. The molecule has 0 spiro atoms. The molecule has 0 saturated carbocycles. The van der Waals surface area contributed by atoms with Gasteiger partial charge in [-0.2, -0.15) is 0 Å². The molecule has 0 fully saturated rings. The number of methoxy groups -OCH3 is 1. The Labute approximate surface area is 72.4 Å². The number of aromatic nitrogens is 1. The fourth-order valence-electron chi connectivity index (χ4n) is 0.658. The van der Waals surface area contributed by atoms with E-state index in [1.54, 1.807) is 18.4 Å². The molecule has 1 aromatic rings. The maximum Gasteiger partial charge on any atom is 0.159 e. The standard InChI is InChI=1S/C6H8BrNOS/c1-4-5(3-9-2)10-6(7)8-4/h3H2,1-2H3. The van der Waals surface area contributed by atoms with Crippen LogP contribution < -0.4 is 0 Å². The summed E-state index contributed by atoms with van der Waals surface area (Å²) in [6.07, 6.45) is 0. The molecular formula is C6H8BrNOS. The fraction of sp³-hybridized carbons (Fsp3) is 0.500. The molecule has 0 atom stereocenters. The van der Waals surface area contributed by atoms with Crippen LogP contribution >= 0.6 is 27.3 Å². The third kappa shape index (κ3) is 1.78. The highest BCUT2D eigenvalue weighted by atomic mass is 79.9. The van der Waals surface area contributed by atoms with Crippen molar-refractivity contribution < 1.29 is 4.74 Å². The molecule has 0 bridgehead atoms. The number of aryl methyl sites for hydroxylation is 1. The molecule has 0 aromatic carbocycles. The van der Waals surface area contributed by atoms with Gasteiger partial charge < -0.3 is 4.74 Å². The summed E-state index contributed by atoms with van der Waals surface area (Å²) in [5.41, 5.74) is 1.05. The summed E-state index contributed by atoms with van der Waals surface area (Å²) in [6.45, 7) is 2.64. The van der Waals surface area contributed by atoms with E-state index in [1.807, 2.05) is 6.92 Å². The van der Waals surface area contributed by atoms with E-state index in [1.165, 1.54) is 4.88 Å². The van der Waals surface area contributed by atoms with Gasteiger partial charge in [0.1, 0.15) is 0 Å². The summed E-state index contributed by atoms with van der Waals surface area (Å²) in [7, 11) is 1.69. The van der Waals surface area contributed by atoms with E-state index in [0.717, 1.165) is 9.61 Å². The zero-order valence-corrected chi connectivity index (χ0v) is 8.25. The van der Waals surface area contributed by atoms with E-state index < -0.39 is 0 Å². The summed E-state index contributed by atoms with van der Waals surface area (Å²) in [4.78, 5) is 5.37. The second kappa shape index (κ2) is 3.46. The molecule has 0 radical (unpaired) electrons. The number of ether oxygens (including phenoxy) is 1. The molecule has 2 nitrogen and oxygen atoms in total. The smallest absolute Gasteiger partial charge is 0.159 e. The largest absolute Gasteiger partial charge is 0.379 e. The van der Waals surface area contributed by atoms with Crippen LogP contribution in [0.25, 0.3) is 0 Å². The van der Waals surface area contributed by atoms with Crippen LogP contribution in [0.4, 0.5) is 0 Å². The van der Waals surface area contributed by atoms with Gasteiger partial charge >= 0.3 is 0 Å². The summed E-state index contributed by atoms with van der Waals surface area (Å²) >= 11 is 4.92. The van der Waals surface area contributed by atoms with Gasteiger partial charge in [-0.1, -0.05) is 0 Å². The van der Waals surface area contributed by atoms with Crippen molar-refractivity contribution in [2.24, 2.45) is 0 Å².